The van der Waals surface area contributed by atoms with Crippen LogP contribution < -0.4 is 10.2 Å². The summed E-state index contributed by atoms with van der Waals surface area (Å²) in [5.74, 6) is 0.503. The van der Waals surface area contributed by atoms with E-state index in [1.807, 2.05) is 37.3 Å². The highest BCUT2D eigenvalue weighted by molar-refractivity contribution is 5.75. The summed E-state index contributed by atoms with van der Waals surface area (Å²) in [4.78, 5) is 21.4. The van der Waals surface area contributed by atoms with Crippen molar-refractivity contribution in [1.29, 1.82) is 0 Å². The molecule has 132 valence electrons. The van der Waals surface area contributed by atoms with Crippen molar-refractivity contribution in [2.45, 2.75) is 25.9 Å². The Balaban J connectivity index is 1.92. The highest BCUT2D eigenvalue weighted by Gasteiger charge is 2.28. The van der Waals surface area contributed by atoms with E-state index >= 15 is 0 Å². The normalized spacial score (nSPS) is 16.6. The molecule has 1 saturated heterocycles. The van der Waals surface area contributed by atoms with Gasteiger partial charge in [-0.15, -0.1) is 0 Å². The summed E-state index contributed by atoms with van der Waals surface area (Å²) >= 11 is 0. The van der Waals surface area contributed by atoms with E-state index in [4.69, 9.17) is 4.74 Å². The van der Waals surface area contributed by atoms with Gasteiger partial charge in [0.15, 0.2) is 0 Å². The number of hydrogen-bond acceptors (Lipinski definition) is 7. The van der Waals surface area contributed by atoms with Crippen LogP contribution >= 0.6 is 0 Å². The Labute approximate surface area is 146 Å². The van der Waals surface area contributed by atoms with Crippen molar-refractivity contribution in [2.24, 2.45) is 0 Å². The number of aromatic nitrogens is 2. The first-order valence-electron chi connectivity index (χ1n) is 8.38. The van der Waals surface area contributed by atoms with Crippen molar-refractivity contribution in [3.05, 3.63) is 46.8 Å². The number of hydrogen-bond donors (Lipinski definition) is 1. The number of rotatable bonds is 7. The van der Waals surface area contributed by atoms with Crippen LogP contribution in [0.5, 0.6) is 0 Å². The molecule has 2 heterocycles. The van der Waals surface area contributed by atoms with Crippen LogP contribution in [0, 0.1) is 10.1 Å². The van der Waals surface area contributed by atoms with Crippen LogP contribution in [0.25, 0.3) is 0 Å². The summed E-state index contributed by atoms with van der Waals surface area (Å²) in [6.45, 7) is 3.71. The number of benzene rings is 1. The summed E-state index contributed by atoms with van der Waals surface area (Å²) < 4.78 is 5.56. The molecule has 3 rings (SSSR count). The van der Waals surface area contributed by atoms with Gasteiger partial charge in [-0.3, -0.25) is 10.1 Å². The standard InChI is InChI=1S/C17H21N5O3/c1-2-21(13-7-4-3-5-8-13)17-15(22(23)24)16(19-12-20-17)18-11-14-9-6-10-25-14/h3-5,7-8,12,14H,2,6,9-11H2,1H3,(H,18,19,20). The van der Waals surface area contributed by atoms with Crippen LogP contribution in [0.2, 0.25) is 0 Å². The molecule has 1 N–H and O–H groups in total. The molecule has 1 aliphatic rings. The molecule has 8 nitrogen and oxygen atoms in total. The van der Waals surface area contributed by atoms with Gasteiger partial charge in [0, 0.05) is 25.4 Å². The largest absolute Gasteiger partial charge is 0.376 e. The molecule has 8 heteroatoms. The van der Waals surface area contributed by atoms with Crippen LogP contribution in [0.3, 0.4) is 0 Å². The second kappa shape index (κ2) is 7.89. The van der Waals surface area contributed by atoms with Gasteiger partial charge in [0.1, 0.15) is 6.33 Å². The maximum absolute atomic E-state index is 11.7. The fourth-order valence-electron chi connectivity index (χ4n) is 2.94. The molecular formula is C17H21N5O3. The molecule has 0 radical (unpaired) electrons. The van der Waals surface area contributed by atoms with E-state index in [-0.39, 0.29) is 23.4 Å². The quantitative estimate of drug-likeness (QED) is 0.609. The third-order valence-corrected chi connectivity index (χ3v) is 4.15. The van der Waals surface area contributed by atoms with E-state index in [0.717, 1.165) is 25.1 Å². The smallest absolute Gasteiger partial charge is 0.353 e. The van der Waals surface area contributed by atoms with E-state index < -0.39 is 4.92 Å². The summed E-state index contributed by atoms with van der Waals surface area (Å²) in [5.41, 5.74) is 0.725. The predicted molar refractivity (Wildman–Crippen MR) is 95.3 cm³/mol. The molecule has 1 unspecified atom stereocenters. The SMILES string of the molecule is CCN(c1ccccc1)c1ncnc(NCC2CCCO2)c1[N+](=O)[O-]. The Morgan fingerprint density at radius 1 is 1.36 bits per heavy atom. The molecule has 0 spiro atoms. The van der Waals surface area contributed by atoms with Gasteiger partial charge in [-0.2, -0.15) is 0 Å². The minimum absolute atomic E-state index is 0.0643. The molecule has 1 aromatic carbocycles. The van der Waals surface area contributed by atoms with Gasteiger partial charge in [-0.05, 0) is 31.9 Å². The molecule has 1 fully saturated rings. The van der Waals surface area contributed by atoms with Crippen LogP contribution in [-0.2, 0) is 4.74 Å². The third-order valence-electron chi connectivity index (χ3n) is 4.15. The molecule has 0 amide bonds. The summed E-state index contributed by atoms with van der Waals surface area (Å²) in [5, 5.41) is 14.8. The van der Waals surface area contributed by atoms with Gasteiger partial charge < -0.3 is 15.0 Å². The lowest BCUT2D eigenvalue weighted by atomic mass is 10.2. The van der Waals surface area contributed by atoms with E-state index in [1.54, 1.807) is 4.90 Å². The molecule has 25 heavy (non-hydrogen) atoms. The zero-order valence-electron chi connectivity index (χ0n) is 14.1. The average molecular weight is 343 g/mol. The highest BCUT2D eigenvalue weighted by Crippen LogP contribution is 2.35. The van der Waals surface area contributed by atoms with Crippen LogP contribution in [0.4, 0.5) is 23.0 Å². The van der Waals surface area contributed by atoms with Gasteiger partial charge in [-0.25, -0.2) is 9.97 Å². The van der Waals surface area contributed by atoms with E-state index in [0.29, 0.717) is 13.1 Å². The Morgan fingerprint density at radius 2 is 2.16 bits per heavy atom. The minimum atomic E-state index is -0.432. The first kappa shape index (κ1) is 17.1. The van der Waals surface area contributed by atoms with Crippen molar-refractivity contribution < 1.29 is 9.66 Å². The van der Waals surface area contributed by atoms with Crippen LogP contribution in [0.15, 0.2) is 36.7 Å². The fourth-order valence-corrected chi connectivity index (χ4v) is 2.94. The monoisotopic (exact) mass is 343 g/mol. The number of nitro groups is 1. The summed E-state index contributed by atoms with van der Waals surface area (Å²) in [6, 6.07) is 9.48. The second-order valence-electron chi connectivity index (χ2n) is 5.75. The minimum Gasteiger partial charge on any atom is -0.376 e. The molecule has 1 aromatic heterocycles. The van der Waals surface area contributed by atoms with E-state index in [1.165, 1.54) is 6.33 Å². The van der Waals surface area contributed by atoms with Crippen molar-refractivity contribution in [1.82, 2.24) is 9.97 Å². The van der Waals surface area contributed by atoms with Gasteiger partial charge in [0.05, 0.1) is 11.0 Å². The molecule has 0 aliphatic carbocycles. The lowest BCUT2D eigenvalue weighted by Crippen LogP contribution is -2.22. The van der Waals surface area contributed by atoms with Crippen molar-refractivity contribution in [3.63, 3.8) is 0 Å². The Hall–Kier alpha value is -2.74. The maximum Gasteiger partial charge on any atom is 0.353 e. The number of para-hydroxylation sites is 1. The molecule has 0 bridgehead atoms. The van der Waals surface area contributed by atoms with Crippen molar-refractivity contribution >= 4 is 23.0 Å². The maximum atomic E-state index is 11.7. The van der Waals surface area contributed by atoms with Gasteiger partial charge in [-0.1, -0.05) is 18.2 Å². The van der Waals surface area contributed by atoms with Crippen molar-refractivity contribution in [3.8, 4) is 0 Å². The number of nitrogens with zero attached hydrogens (tertiary/aromatic N) is 4. The molecule has 1 atom stereocenters. The third kappa shape index (κ3) is 3.85. The average Bonchev–Trinajstić information content (AvgIpc) is 3.15. The Kier molecular flexibility index (Phi) is 5.39. The second-order valence-corrected chi connectivity index (χ2v) is 5.75. The van der Waals surface area contributed by atoms with Crippen LogP contribution in [0.1, 0.15) is 19.8 Å². The number of anilines is 3. The summed E-state index contributed by atoms with van der Waals surface area (Å²) in [7, 11) is 0. The molecular weight excluding hydrogens is 322 g/mol. The van der Waals surface area contributed by atoms with E-state index in [9.17, 15) is 10.1 Å². The zero-order valence-corrected chi connectivity index (χ0v) is 14.1. The number of ether oxygens (including phenoxy) is 1. The predicted octanol–water partition coefficient (Wildman–Crippen LogP) is 3.13. The van der Waals surface area contributed by atoms with Gasteiger partial charge in [0.25, 0.3) is 0 Å². The van der Waals surface area contributed by atoms with Crippen molar-refractivity contribution in [2.75, 3.05) is 29.9 Å². The number of nitrogens with one attached hydrogen (secondary N) is 1. The fraction of sp³-hybridized carbons (Fsp3) is 0.412. The first-order valence-corrected chi connectivity index (χ1v) is 8.38. The van der Waals surface area contributed by atoms with Gasteiger partial charge in [0.2, 0.25) is 11.6 Å². The lowest BCUT2D eigenvalue weighted by Gasteiger charge is -2.22. The molecule has 0 saturated carbocycles. The Morgan fingerprint density at radius 3 is 2.80 bits per heavy atom. The highest BCUT2D eigenvalue weighted by atomic mass is 16.6. The lowest BCUT2D eigenvalue weighted by molar-refractivity contribution is -0.383. The van der Waals surface area contributed by atoms with Crippen LogP contribution in [-0.4, -0.2) is 40.7 Å². The first-order chi connectivity index (χ1) is 12.2. The zero-order chi connectivity index (χ0) is 17.6. The molecule has 1 aliphatic heterocycles. The topological polar surface area (TPSA) is 93.4 Å². The summed E-state index contributed by atoms with van der Waals surface area (Å²) in [6.07, 6.45) is 3.38. The molecule has 2 aromatic rings. The van der Waals surface area contributed by atoms with E-state index in [2.05, 4.69) is 15.3 Å². The Bertz CT molecular complexity index is 719. The van der Waals surface area contributed by atoms with Gasteiger partial charge >= 0.3 is 5.69 Å².